The number of nitrogens with zero attached hydrogens (tertiary/aromatic N) is 1. The van der Waals surface area contributed by atoms with Gasteiger partial charge in [-0.25, -0.2) is 9.36 Å². The zero-order valence-electron chi connectivity index (χ0n) is 12.3. The van der Waals surface area contributed by atoms with Crippen LogP contribution in [0.4, 0.5) is 0 Å². The van der Waals surface area contributed by atoms with E-state index in [-0.39, 0.29) is 12.0 Å². The van der Waals surface area contributed by atoms with E-state index in [0.29, 0.717) is 0 Å². The fourth-order valence-electron chi connectivity index (χ4n) is 2.08. The molecule has 0 saturated carbocycles. The molecule has 0 radical (unpaired) electrons. The maximum absolute atomic E-state index is 11.8. The molecular formula is C10H15N2O10P2+. The molecule has 24 heavy (non-hydrogen) atoms. The number of aryl methyl sites for hydroxylation is 1. The lowest BCUT2D eigenvalue weighted by Gasteiger charge is -2.14. The van der Waals surface area contributed by atoms with E-state index in [1.54, 1.807) is 0 Å². The number of aromatic amines is 1. The van der Waals surface area contributed by atoms with E-state index in [1.165, 1.54) is 13.1 Å². The number of aliphatic hydroxyl groups excluding tert-OH is 1. The molecule has 2 heterocycles. The highest BCUT2D eigenvalue weighted by Crippen LogP contribution is 2.48. The van der Waals surface area contributed by atoms with Crippen molar-refractivity contribution < 1.29 is 37.6 Å². The van der Waals surface area contributed by atoms with Gasteiger partial charge in [0.25, 0.3) is 5.56 Å². The van der Waals surface area contributed by atoms with Crippen LogP contribution >= 0.6 is 16.1 Å². The van der Waals surface area contributed by atoms with E-state index in [1.807, 2.05) is 0 Å². The van der Waals surface area contributed by atoms with Crippen LogP contribution in [0.5, 0.6) is 0 Å². The van der Waals surface area contributed by atoms with Gasteiger partial charge in [0.1, 0.15) is 18.9 Å². The molecule has 0 bridgehead atoms. The van der Waals surface area contributed by atoms with Crippen LogP contribution < -0.4 is 11.2 Å². The Morgan fingerprint density at radius 2 is 2.17 bits per heavy atom. The summed E-state index contributed by atoms with van der Waals surface area (Å²) in [6, 6.07) is 0. The standard InChI is InChI=1S/C10H14N2O10P2/c1-5-3-12(10(15)11-9(5)14)8-2-6(13)7(21-8)4-20-23(16)22-24(17,18)19/h3,6-8,13H,2,4H2,1H3,(H2-,11,14,15,17,18,19)/p+1/t6-,7+,8+/m0/s1. The molecule has 0 spiro atoms. The monoisotopic (exact) mass is 385 g/mol. The first kappa shape index (κ1) is 19.1. The summed E-state index contributed by atoms with van der Waals surface area (Å²) in [7, 11) is -8.07. The summed E-state index contributed by atoms with van der Waals surface area (Å²) in [5, 5.41) is 9.90. The fraction of sp³-hybridized carbons (Fsp3) is 0.600. The molecule has 0 aromatic carbocycles. The highest BCUT2D eigenvalue weighted by Gasteiger charge is 2.40. The van der Waals surface area contributed by atoms with Crippen molar-refractivity contribution in [2.75, 3.05) is 6.61 Å². The number of hydrogen-bond donors (Lipinski definition) is 4. The number of H-pyrrole nitrogens is 1. The minimum atomic E-state index is -4.97. The number of aromatic nitrogens is 2. The van der Waals surface area contributed by atoms with Gasteiger partial charge in [0, 0.05) is 22.7 Å². The van der Waals surface area contributed by atoms with Crippen molar-refractivity contribution in [1.82, 2.24) is 9.55 Å². The smallest absolute Gasteiger partial charge is 0.390 e. The Labute approximate surface area is 135 Å². The molecule has 4 N–H and O–H groups in total. The lowest BCUT2D eigenvalue weighted by molar-refractivity contribution is -0.0412. The maximum Gasteiger partial charge on any atom is 0.708 e. The summed E-state index contributed by atoms with van der Waals surface area (Å²) in [5.41, 5.74) is -0.993. The van der Waals surface area contributed by atoms with Crippen LogP contribution in [0, 0.1) is 6.92 Å². The lowest BCUT2D eigenvalue weighted by atomic mass is 10.2. The number of ether oxygens (including phenoxy) is 1. The van der Waals surface area contributed by atoms with Crippen LogP contribution in [0.2, 0.25) is 0 Å². The second-order valence-corrected chi connectivity index (χ2v) is 7.34. The van der Waals surface area contributed by atoms with Gasteiger partial charge in [-0.2, -0.15) is 0 Å². The van der Waals surface area contributed by atoms with Crippen molar-refractivity contribution in [2.45, 2.75) is 31.8 Å². The zero-order chi connectivity index (χ0) is 18.1. The zero-order valence-corrected chi connectivity index (χ0v) is 14.1. The SMILES string of the molecule is Cc1cn([C@H]2C[C@H](O)[C@@H](CO[P+](=O)OP(=O)(O)O)O2)c(=O)[nH]c1=O. The molecule has 0 aliphatic carbocycles. The minimum Gasteiger partial charge on any atom is -0.390 e. The van der Waals surface area contributed by atoms with E-state index in [0.717, 1.165) is 4.57 Å². The predicted octanol–water partition coefficient (Wildman–Crippen LogP) is -0.723. The molecule has 1 aliphatic heterocycles. The van der Waals surface area contributed by atoms with Gasteiger partial charge < -0.3 is 19.6 Å². The topological polar surface area (TPSA) is 177 Å². The van der Waals surface area contributed by atoms with Crippen molar-refractivity contribution in [3.8, 4) is 0 Å². The molecule has 2 rings (SSSR count). The Kier molecular flexibility index (Phi) is 5.84. The number of hydrogen-bond acceptors (Lipinski definition) is 8. The van der Waals surface area contributed by atoms with Gasteiger partial charge in [0.05, 0.1) is 6.10 Å². The molecule has 1 aromatic heterocycles. The van der Waals surface area contributed by atoms with Crippen molar-refractivity contribution in [1.29, 1.82) is 0 Å². The Morgan fingerprint density at radius 1 is 1.50 bits per heavy atom. The average molecular weight is 385 g/mol. The molecule has 1 saturated heterocycles. The Morgan fingerprint density at radius 3 is 2.79 bits per heavy atom. The summed E-state index contributed by atoms with van der Waals surface area (Å²) >= 11 is 0. The molecule has 1 aromatic rings. The largest absolute Gasteiger partial charge is 0.708 e. The summed E-state index contributed by atoms with van der Waals surface area (Å²) < 4.78 is 36.6. The van der Waals surface area contributed by atoms with E-state index < -0.39 is 52.4 Å². The average Bonchev–Trinajstić information content (AvgIpc) is 2.80. The molecule has 14 heteroatoms. The van der Waals surface area contributed by atoms with Crippen molar-refractivity contribution in [2.24, 2.45) is 0 Å². The van der Waals surface area contributed by atoms with Crippen LogP contribution in [0.1, 0.15) is 18.2 Å². The second-order valence-electron chi connectivity index (χ2n) is 5.00. The van der Waals surface area contributed by atoms with Crippen LogP contribution in [0.15, 0.2) is 15.8 Å². The highest BCUT2D eigenvalue weighted by atomic mass is 31.2. The Bertz CT molecular complexity index is 783. The number of rotatable bonds is 6. The quantitative estimate of drug-likeness (QED) is 0.457. The Hall–Kier alpha value is -1.23. The number of phosphoric acid groups is 1. The predicted molar refractivity (Wildman–Crippen MR) is 77.3 cm³/mol. The van der Waals surface area contributed by atoms with Gasteiger partial charge in [-0.05, 0) is 11.2 Å². The molecule has 12 nitrogen and oxygen atoms in total. The molecule has 1 aliphatic rings. The second kappa shape index (κ2) is 7.34. The van der Waals surface area contributed by atoms with Crippen molar-refractivity contribution in [3.05, 3.63) is 32.6 Å². The van der Waals surface area contributed by atoms with Gasteiger partial charge in [0.15, 0.2) is 0 Å². The molecular weight excluding hydrogens is 370 g/mol. The first-order valence-electron chi connectivity index (χ1n) is 6.58. The lowest BCUT2D eigenvalue weighted by Crippen LogP contribution is -2.33. The maximum atomic E-state index is 11.8. The third-order valence-electron chi connectivity index (χ3n) is 3.18. The first-order valence-corrected chi connectivity index (χ1v) is 9.20. The van der Waals surface area contributed by atoms with Crippen LogP contribution in [0.3, 0.4) is 0 Å². The molecule has 0 amide bonds. The molecule has 134 valence electrons. The van der Waals surface area contributed by atoms with Crippen molar-refractivity contribution >= 4 is 16.1 Å². The fourth-order valence-corrected chi connectivity index (χ4v) is 3.23. The summed E-state index contributed by atoms with van der Waals surface area (Å²) in [6.07, 6.45) is -1.72. The third-order valence-corrected chi connectivity index (χ3v) is 4.92. The van der Waals surface area contributed by atoms with Gasteiger partial charge in [-0.3, -0.25) is 14.3 Å². The van der Waals surface area contributed by atoms with Crippen LogP contribution in [0.25, 0.3) is 0 Å². The Balaban J connectivity index is 2.01. The number of nitrogens with one attached hydrogen (secondary N) is 1. The normalized spacial score (nSPS) is 25.0. The highest BCUT2D eigenvalue weighted by molar-refractivity contribution is 7.55. The van der Waals surface area contributed by atoms with E-state index >= 15 is 0 Å². The summed E-state index contributed by atoms with van der Waals surface area (Å²) in [4.78, 5) is 42.2. The van der Waals surface area contributed by atoms with Gasteiger partial charge in [-0.15, -0.1) is 4.52 Å². The van der Waals surface area contributed by atoms with Gasteiger partial charge in [0.2, 0.25) is 0 Å². The first-order chi connectivity index (χ1) is 11.1. The van der Waals surface area contributed by atoms with E-state index in [9.17, 15) is 23.8 Å². The summed E-state index contributed by atoms with van der Waals surface area (Å²) in [6.45, 7) is 1.01. The van der Waals surface area contributed by atoms with Gasteiger partial charge in [-0.1, -0.05) is 0 Å². The van der Waals surface area contributed by atoms with Crippen LogP contribution in [-0.4, -0.2) is 43.3 Å². The minimum absolute atomic E-state index is 0.00441. The molecule has 1 unspecified atom stereocenters. The summed E-state index contributed by atoms with van der Waals surface area (Å²) in [5.74, 6) is 0. The van der Waals surface area contributed by atoms with Crippen molar-refractivity contribution in [3.63, 3.8) is 0 Å². The van der Waals surface area contributed by atoms with E-state index in [4.69, 9.17) is 14.5 Å². The van der Waals surface area contributed by atoms with Gasteiger partial charge >= 0.3 is 21.8 Å². The van der Waals surface area contributed by atoms with E-state index in [2.05, 4.69) is 13.8 Å². The molecule has 1 fully saturated rings. The third kappa shape index (κ3) is 4.88. The number of aliphatic hydroxyl groups is 1. The van der Waals surface area contributed by atoms with Crippen LogP contribution in [-0.2, 0) is 22.7 Å². The molecule has 4 atom stereocenters.